The molecule has 1 aliphatic carbocycles. The molecule has 0 aliphatic heterocycles. The van der Waals surface area contributed by atoms with Crippen molar-refractivity contribution in [2.75, 3.05) is 17.1 Å². The van der Waals surface area contributed by atoms with Gasteiger partial charge in [0.15, 0.2) is 0 Å². The zero-order chi connectivity index (χ0) is 24.9. The molecule has 2 aromatic carbocycles. The van der Waals surface area contributed by atoms with E-state index in [1.54, 1.807) is 31.2 Å². The van der Waals surface area contributed by atoms with Gasteiger partial charge in [-0.15, -0.1) is 0 Å². The summed E-state index contributed by atoms with van der Waals surface area (Å²) in [6.45, 7) is 1.46. The molecular weight excluding hydrogens is 586 g/mol. The fourth-order valence-electron chi connectivity index (χ4n) is 4.01. The highest BCUT2D eigenvalue weighted by Crippen LogP contribution is 2.23. The first-order chi connectivity index (χ1) is 16.0. The van der Waals surface area contributed by atoms with Gasteiger partial charge >= 0.3 is 0 Å². The van der Waals surface area contributed by atoms with Crippen molar-refractivity contribution in [2.45, 2.75) is 51.2 Å². The number of carbonyl (C=O) groups excluding carboxylic acids is 2. The molecule has 0 aromatic heterocycles. The van der Waals surface area contributed by atoms with Crippen LogP contribution in [0.2, 0.25) is 0 Å². The van der Waals surface area contributed by atoms with E-state index in [1.165, 1.54) is 4.90 Å². The number of amides is 2. The number of halogens is 2. The Morgan fingerprint density at radius 1 is 1.06 bits per heavy atom. The average molecular weight is 615 g/mol. The zero-order valence-corrected chi connectivity index (χ0v) is 23.2. The molecular formula is C24H29Br2N3O4S. The minimum atomic E-state index is -3.75. The van der Waals surface area contributed by atoms with Crippen molar-refractivity contribution in [3.8, 4) is 0 Å². The van der Waals surface area contributed by atoms with Gasteiger partial charge in [0, 0.05) is 21.5 Å². The van der Waals surface area contributed by atoms with Crippen LogP contribution in [0.25, 0.3) is 0 Å². The molecule has 1 saturated carbocycles. The topological polar surface area (TPSA) is 86.8 Å². The van der Waals surface area contributed by atoms with Crippen LogP contribution in [0.5, 0.6) is 0 Å². The minimum Gasteiger partial charge on any atom is -0.352 e. The molecule has 10 heteroatoms. The predicted octanol–water partition coefficient (Wildman–Crippen LogP) is 4.45. The van der Waals surface area contributed by atoms with E-state index < -0.39 is 28.5 Å². The van der Waals surface area contributed by atoms with Crippen LogP contribution in [0, 0.1) is 0 Å². The predicted molar refractivity (Wildman–Crippen MR) is 141 cm³/mol. The van der Waals surface area contributed by atoms with E-state index in [4.69, 9.17) is 0 Å². The Morgan fingerprint density at radius 2 is 1.71 bits per heavy atom. The number of nitrogens with one attached hydrogen (secondary N) is 1. The molecule has 1 fully saturated rings. The molecule has 2 aromatic rings. The second-order valence-electron chi connectivity index (χ2n) is 8.56. The highest BCUT2D eigenvalue weighted by molar-refractivity contribution is 9.10. The maximum absolute atomic E-state index is 13.5. The molecule has 0 saturated heterocycles. The largest absolute Gasteiger partial charge is 0.352 e. The zero-order valence-electron chi connectivity index (χ0n) is 19.2. The molecule has 1 N–H and O–H groups in total. The van der Waals surface area contributed by atoms with Crippen LogP contribution in [0.3, 0.4) is 0 Å². The molecule has 0 bridgehead atoms. The van der Waals surface area contributed by atoms with E-state index in [9.17, 15) is 18.0 Å². The molecule has 0 unspecified atom stereocenters. The van der Waals surface area contributed by atoms with Crippen LogP contribution in [0.4, 0.5) is 5.69 Å². The quantitative estimate of drug-likeness (QED) is 0.452. The summed E-state index contributed by atoms with van der Waals surface area (Å²) in [4.78, 5) is 28.0. The molecule has 34 heavy (non-hydrogen) atoms. The molecule has 1 atom stereocenters. The Bertz CT molecular complexity index is 1120. The number of sulfonamides is 1. The van der Waals surface area contributed by atoms with E-state index in [2.05, 4.69) is 37.2 Å². The summed E-state index contributed by atoms with van der Waals surface area (Å²) < 4.78 is 27.8. The van der Waals surface area contributed by atoms with Crippen molar-refractivity contribution < 1.29 is 18.0 Å². The van der Waals surface area contributed by atoms with Gasteiger partial charge in [0.2, 0.25) is 21.8 Å². The normalized spacial score (nSPS) is 15.1. The summed E-state index contributed by atoms with van der Waals surface area (Å²) in [6, 6.07) is 13.6. The number of rotatable bonds is 9. The Kier molecular flexibility index (Phi) is 9.17. The van der Waals surface area contributed by atoms with Gasteiger partial charge in [-0.25, -0.2) is 8.42 Å². The Morgan fingerprint density at radius 3 is 2.29 bits per heavy atom. The average Bonchev–Trinajstić information content (AvgIpc) is 3.28. The van der Waals surface area contributed by atoms with Crippen molar-refractivity contribution in [2.24, 2.45) is 0 Å². The lowest BCUT2D eigenvalue weighted by Gasteiger charge is -2.32. The van der Waals surface area contributed by atoms with Gasteiger partial charge in [-0.2, -0.15) is 0 Å². The van der Waals surface area contributed by atoms with Crippen LogP contribution in [0.15, 0.2) is 57.5 Å². The summed E-state index contributed by atoms with van der Waals surface area (Å²) >= 11 is 6.76. The SMILES string of the molecule is C[C@@H](C(=O)NC1CCCC1)N(Cc1ccc(Br)cc1)C(=O)CN(c1cccc(Br)c1)S(C)(=O)=O. The van der Waals surface area contributed by atoms with E-state index in [1.807, 2.05) is 24.3 Å². The number of hydrogen-bond acceptors (Lipinski definition) is 4. The first kappa shape index (κ1) is 26.7. The van der Waals surface area contributed by atoms with Crippen LogP contribution in [0.1, 0.15) is 38.2 Å². The van der Waals surface area contributed by atoms with Crippen molar-refractivity contribution in [3.63, 3.8) is 0 Å². The third-order valence-corrected chi connectivity index (χ3v) is 8.07. The van der Waals surface area contributed by atoms with E-state index in [0.717, 1.165) is 46.3 Å². The monoisotopic (exact) mass is 613 g/mol. The number of benzene rings is 2. The second-order valence-corrected chi connectivity index (χ2v) is 12.3. The van der Waals surface area contributed by atoms with Gasteiger partial charge in [-0.05, 0) is 55.7 Å². The fraction of sp³-hybridized carbons (Fsp3) is 0.417. The van der Waals surface area contributed by atoms with Crippen LogP contribution in [-0.4, -0.2) is 50.0 Å². The maximum Gasteiger partial charge on any atom is 0.244 e. The van der Waals surface area contributed by atoms with Gasteiger partial charge in [0.05, 0.1) is 11.9 Å². The van der Waals surface area contributed by atoms with E-state index in [-0.39, 0.29) is 18.5 Å². The molecule has 0 radical (unpaired) electrons. The number of anilines is 1. The summed E-state index contributed by atoms with van der Waals surface area (Å²) in [5.41, 5.74) is 1.21. The highest BCUT2D eigenvalue weighted by atomic mass is 79.9. The highest BCUT2D eigenvalue weighted by Gasteiger charge is 2.31. The summed E-state index contributed by atoms with van der Waals surface area (Å²) in [5, 5.41) is 3.05. The molecule has 3 rings (SSSR count). The minimum absolute atomic E-state index is 0.119. The Hall–Kier alpha value is -1.91. The van der Waals surface area contributed by atoms with Gasteiger partial charge in [0.25, 0.3) is 0 Å². The molecule has 2 amide bonds. The summed E-state index contributed by atoms with van der Waals surface area (Å²) in [6.07, 6.45) is 5.10. The van der Waals surface area contributed by atoms with Gasteiger partial charge in [-0.1, -0.05) is 62.9 Å². The van der Waals surface area contributed by atoms with Crippen LogP contribution >= 0.6 is 31.9 Å². The van der Waals surface area contributed by atoms with Crippen LogP contribution < -0.4 is 9.62 Å². The summed E-state index contributed by atoms with van der Waals surface area (Å²) in [7, 11) is -3.75. The molecule has 184 valence electrons. The van der Waals surface area contributed by atoms with Crippen molar-refractivity contribution in [3.05, 3.63) is 63.0 Å². The van der Waals surface area contributed by atoms with E-state index >= 15 is 0 Å². The number of carbonyl (C=O) groups is 2. The first-order valence-electron chi connectivity index (χ1n) is 11.1. The first-order valence-corrected chi connectivity index (χ1v) is 14.6. The maximum atomic E-state index is 13.5. The lowest BCUT2D eigenvalue weighted by Crippen LogP contribution is -2.52. The third-order valence-electron chi connectivity index (χ3n) is 5.91. The lowest BCUT2D eigenvalue weighted by atomic mass is 10.1. The summed E-state index contributed by atoms with van der Waals surface area (Å²) in [5.74, 6) is -0.687. The number of hydrogen-bond donors (Lipinski definition) is 1. The van der Waals surface area contributed by atoms with Crippen molar-refractivity contribution >= 4 is 59.4 Å². The second kappa shape index (κ2) is 11.7. The smallest absolute Gasteiger partial charge is 0.244 e. The van der Waals surface area contributed by atoms with Gasteiger partial charge in [-0.3, -0.25) is 13.9 Å². The standard InChI is InChI=1S/C24H29Br2N3O4S/c1-17(24(31)27-21-7-3-4-8-21)28(15-18-10-12-19(25)13-11-18)23(30)16-29(34(2,32)33)22-9-5-6-20(26)14-22/h5-6,9-14,17,21H,3-4,7-8,15-16H2,1-2H3,(H,27,31)/t17-/m0/s1. The van der Waals surface area contributed by atoms with Crippen molar-refractivity contribution in [1.82, 2.24) is 10.2 Å². The lowest BCUT2D eigenvalue weighted by molar-refractivity contribution is -0.139. The fourth-order valence-corrected chi connectivity index (χ4v) is 5.50. The van der Waals surface area contributed by atoms with Crippen molar-refractivity contribution in [1.29, 1.82) is 0 Å². The molecule has 1 aliphatic rings. The van der Waals surface area contributed by atoms with E-state index in [0.29, 0.717) is 10.2 Å². The molecule has 0 spiro atoms. The molecule has 7 nitrogen and oxygen atoms in total. The Balaban J connectivity index is 1.87. The van der Waals surface area contributed by atoms with Gasteiger partial charge in [0.1, 0.15) is 12.6 Å². The number of nitrogens with zero attached hydrogens (tertiary/aromatic N) is 2. The third kappa shape index (κ3) is 7.29. The molecule has 0 heterocycles. The van der Waals surface area contributed by atoms with Gasteiger partial charge < -0.3 is 10.2 Å². The van der Waals surface area contributed by atoms with Crippen LogP contribution in [-0.2, 0) is 26.2 Å². The Labute approximate surface area is 218 Å².